The molecule has 2 aromatic rings. The Morgan fingerprint density at radius 2 is 1.61 bits per heavy atom. The average Bonchev–Trinajstić information content (AvgIpc) is 2.57. The van der Waals surface area contributed by atoms with Crippen molar-refractivity contribution in [3.05, 3.63) is 59.2 Å². The van der Waals surface area contributed by atoms with Gasteiger partial charge in [0, 0.05) is 17.9 Å². The zero-order valence-corrected chi connectivity index (χ0v) is 15.2. The van der Waals surface area contributed by atoms with Crippen LogP contribution in [0.15, 0.2) is 42.5 Å². The summed E-state index contributed by atoms with van der Waals surface area (Å²) in [4.78, 5) is 2.54. The molecule has 0 bridgehead atoms. The summed E-state index contributed by atoms with van der Waals surface area (Å²) in [5.41, 5.74) is 6.86. The van der Waals surface area contributed by atoms with Crippen LogP contribution >= 0.6 is 0 Å². The van der Waals surface area contributed by atoms with Crippen molar-refractivity contribution in [2.24, 2.45) is 0 Å². The van der Waals surface area contributed by atoms with Crippen molar-refractivity contribution in [1.82, 2.24) is 0 Å². The summed E-state index contributed by atoms with van der Waals surface area (Å²) in [6.07, 6.45) is 6.25. The third-order valence-electron chi connectivity index (χ3n) is 4.55. The first-order valence-electron chi connectivity index (χ1n) is 9.10. The van der Waals surface area contributed by atoms with Crippen molar-refractivity contribution < 1.29 is 0 Å². The lowest BCUT2D eigenvalue weighted by Gasteiger charge is -2.29. The van der Waals surface area contributed by atoms with E-state index in [0.29, 0.717) is 0 Å². The van der Waals surface area contributed by atoms with Crippen LogP contribution in [0.2, 0.25) is 0 Å². The number of para-hydroxylation sites is 1. The van der Waals surface area contributed by atoms with E-state index < -0.39 is 0 Å². The monoisotopic (exact) mass is 309 g/mol. The molecule has 0 saturated carbocycles. The molecule has 0 aromatic heterocycles. The summed E-state index contributed by atoms with van der Waals surface area (Å²) in [6.45, 7) is 10.0. The third-order valence-corrected chi connectivity index (χ3v) is 4.55. The predicted molar refractivity (Wildman–Crippen MR) is 103 cm³/mol. The van der Waals surface area contributed by atoms with Gasteiger partial charge < -0.3 is 4.90 Å². The van der Waals surface area contributed by atoms with Gasteiger partial charge in [-0.15, -0.1) is 0 Å². The van der Waals surface area contributed by atoms with Crippen molar-refractivity contribution in [2.45, 2.75) is 59.8 Å². The zero-order chi connectivity index (χ0) is 16.7. The van der Waals surface area contributed by atoms with Crippen LogP contribution in [-0.4, -0.2) is 6.54 Å². The summed E-state index contributed by atoms with van der Waals surface area (Å²) < 4.78 is 0. The first kappa shape index (κ1) is 17.6. The SMILES string of the molecule is CCCCCCN(c1cc(C)ccc1C)c1ccccc1CC. The smallest absolute Gasteiger partial charge is 0.0443 e. The Hall–Kier alpha value is -1.76. The summed E-state index contributed by atoms with van der Waals surface area (Å²) >= 11 is 0. The minimum Gasteiger partial charge on any atom is -0.341 e. The van der Waals surface area contributed by atoms with Crippen LogP contribution < -0.4 is 4.90 Å². The molecule has 0 heterocycles. The molecule has 0 atom stereocenters. The molecule has 23 heavy (non-hydrogen) atoms. The van der Waals surface area contributed by atoms with E-state index in [2.05, 4.69) is 75.1 Å². The molecule has 0 aliphatic heterocycles. The van der Waals surface area contributed by atoms with Crippen LogP contribution in [0.25, 0.3) is 0 Å². The molecule has 124 valence electrons. The number of unbranched alkanes of at least 4 members (excludes halogenated alkanes) is 3. The second kappa shape index (κ2) is 8.76. The van der Waals surface area contributed by atoms with Crippen LogP contribution in [-0.2, 0) is 6.42 Å². The lowest BCUT2D eigenvalue weighted by atomic mass is 10.0. The number of aryl methyl sites for hydroxylation is 3. The van der Waals surface area contributed by atoms with E-state index in [-0.39, 0.29) is 0 Å². The summed E-state index contributed by atoms with van der Waals surface area (Å²) in [5, 5.41) is 0. The minimum atomic E-state index is 1.08. The van der Waals surface area contributed by atoms with E-state index in [0.717, 1.165) is 13.0 Å². The Morgan fingerprint density at radius 3 is 2.35 bits per heavy atom. The standard InChI is InChI=1S/C22H31N/c1-5-7-8-11-16-23(21-13-10-9-12-20(21)6-2)22-17-18(3)14-15-19(22)4/h9-10,12-15,17H,5-8,11,16H2,1-4H3. The van der Waals surface area contributed by atoms with Gasteiger partial charge in [-0.2, -0.15) is 0 Å². The van der Waals surface area contributed by atoms with Crippen LogP contribution in [0.5, 0.6) is 0 Å². The number of rotatable bonds is 8. The van der Waals surface area contributed by atoms with Gasteiger partial charge in [0.05, 0.1) is 0 Å². The fourth-order valence-electron chi connectivity index (χ4n) is 3.15. The van der Waals surface area contributed by atoms with Gasteiger partial charge in [-0.25, -0.2) is 0 Å². The van der Waals surface area contributed by atoms with Gasteiger partial charge in [0.2, 0.25) is 0 Å². The molecule has 0 fully saturated rings. The number of hydrogen-bond acceptors (Lipinski definition) is 1. The molecule has 0 saturated heterocycles. The molecule has 2 rings (SSSR count). The normalized spacial score (nSPS) is 10.8. The van der Waals surface area contributed by atoms with E-state index in [1.165, 1.54) is 53.7 Å². The predicted octanol–water partition coefficient (Wildman–Crippen LogP) is 6.58. The van der Waals surface area contributed by atoms with Gasteiger partial charge in [0.25, 0.3) is 0 Å². The second-order valence-corrected chi connectivity index (χ2v) is 6.48. The topological polar surface area (TPSA) is 3.24 Å². The van der Waals surface area contributed by atoms with Gasteiger partial charge in [-0.3, -0.25) is 0 Å². The highest BCUT2D eigenvalue weighted by atomic mass is 15.1. The van der Waals surface area contributed by atoms with E-state index in [1.807, 2.05) is 0 Å². The van der Waals surface area contributed by atoms with Gasteiger partial charge >= 0.3 is 0 Å². The number of anilines is 2. The molecule has 0 aliphatic rings. The highest BCUT2D eigenvalue weighted by Crippen LogP contribution is 2.32. The molecule has 2 aromatic carbocycles. The average molecular weight is 309 g/mol. The van der Waals surface area contributed by atoms with Crippen molar-refractivity contribution in [1.29, 1.82) is 0 Å². The van der Waals surface area contributed by atoms with E-state index in [1.54, 1.807) is 0 Å². The van der Waals surface area contributed by atoms with Crippen molar-refractivity contribution in [3.8, 4) is 0 Å². The number of nitrogens with zero attached hydrogens (tertiary/aromatic N) is 1. The van der Waals surface area contributed by atoms with E-state index in [9.17, 15) is 0 Å². The maximum atomic E-state index is 2.54. The molecule has 0 amide bonds. The third kappa shape index (κ3) is 4.60. The Kier molecular flexibility index (Phi) is 6.70. The Bertz CT molecular complexity index is 615. The minimum absolute atomic E-state index is 1.08. The number of hydrogen-bond donors (Lipinski definition) is 0. The summed E-state index contributed by atoms with van der Waals surface area (Å²) in [6, 6.07) is 15.7. The quantitative estimate of drug-likeness (QED) is 0.497. The molecule has 0 N–H and O–H groups in total. The molecular formula is C22H31N. The van der Waals surface area contributed by atoms with Crippen molar-refractivity contribution >= 4 is 11.4 Å². The van der Waals surface area contributed by atoms with Gasteiger partial charge in [0.15, 0.2) is 0 Å². The number of benzene rings is 2. The van der Waals surface area contributed by atoms with Crippen LogP contribution in [0.3, 0.4) is 0 Å². The maximum absolute atomic E-state index is 2.54. The first-order chi connectivity index (χ1) is 11.2. The van der Waals surface area contributed by atoms with Crippen LogP contribution in [0.4, 0.5) is 11.4 Å². The molecule has 0 unspecified atom stereocenters. The lowest BCUT2D eigenvalue weighted by Crippen LogP contribution is -2.21. The second-order valence-electron chi connectivity index (χ2n) is 6.48. The van der Waals surface area contributed by atoms with Crippen molar-refractivity contribution in [3.63, 3.8) is 0 Å². The van der Waals surface area contributed by atoms with Gasteiger partial charge in [-0.05, 0) is 55.5 Å². The van der Waals surface area contributed by atoms with Crippen molar-refractivity contribution in [2.75, 3.05) is 11.4 Å². The highest BCUT2D eigenvalue weighted by molar-refractivity contribution is 5.69. The zero-order valence-electron chi connectivity index (χ0n) is 15.2. The van der Waals surface area contributed by atoms with E-state index >= 15 is 0 Å². The first-order valence-corrected chi connectivity index (χ1v) is 9.10. The summed E-state index contributed by atoms with van der Waals surface area (Å²) in [5.74, 6) is 0. The van der Waals surface area contributed by atoms with Gasteiger partial charge in [0.1, 0.15) is 0 Å². The Balaban J connectivity index is 2.36. The Morgan fingerprint density at radius 1 is 0.826 bits per heavy atom. The molecular weight excluding hydrogens is 278 g/mol. The largest absolute Gasteiger partial charge is 0.341 e. The highest BCUT2D eigenvalue weighted by Gasteiger charge is 2.14. The molecule has 1 nitrogen and oxygen atoms in total. The molecule has 0 radical (unpaired) electrons. The molecule has 1 heteroatoms. The van der Waals surface area contributed by atoms with E-state index in [4.69, 9.17) is 0 Å². The van der Waals surface area contributed by atoms with Gasteiger partial charge in [-0.1, -0.05) is 63.4 Å². The fourth-order valence-corrected chi connectivity index (χ4v) is 3.15. The van der Waals surface area contributed by atoms with Crippen LogP contribution in [0.1, 0.15) is 56.2 Å². The fraction of sp³-hybridized carbons (Fsp3) is 0.455. The Labute approximate surface area is 142 Å². The summed E-state index contributed by atoms with van der Waals surface area (Å²) in [7, 11) is 0. The maximum Gasteiger partial charge on any atom is 0.0443 e. The van der Waals surface area contributed by atoms with Crippen LogP contribution in [0, 0.1) is 13.8 Å². The molecule has 0 spiro atoms. The lowest BCUT2D eigenvalue weighted by molar-refractivity contribution is 0.667. The molecule has 0 aliphatic carbocycles.